The zero-order valence-corrected chi connectivity index (χ0v) is 12.8. The van der Waals surface area contributed by atoms with Crippen LogP contribution in [0.5, 0.6) is 0 Å². The number of aromatic nitrogens is 2. The summed E-state index contributed by atoms with van der Waals surface area (Å²) in [5.74, 6) is 0.677. The van der Waals surface area contributed by atoms with Gasteiger partial charge in [0, 0.05) is 23.6 Å². The summed E-state index contributed by atoms with van der Waals surface area (Å²) in [6.45, 7) is 10.6. The van der Waals surface area contributed by atoms with Gasteiger partial charge in [0.15, 0.2) is 0 Å². The second-order valence-electron chi connectivity index (χ2n) is 4.48. The lowest BCUT2D eigenvalue weighted by molar-refractivity contribution is 0.426. The van der Waals surface area contributed by atoms with Gasteiger partial charge in [-0.05, 0) is 25.8 Å². The van der Waals surface area contributed by atoms with Gasteiger partial charge in [0.2, 0.25) is 0 Å². The number of alkyl halides is 1. The van der Waals surface area contributed by atoms with Crippen molar-refractivity contribution in [1.82, 2.24) is 15.1 Å². The second-order valence-corrected chi connectivity index (χ2v) is 5.36. The zero-order valence-electron chi connectivity index (χ0n) is 10.6. The number of nitrogens with one attached hydrogen (secondary N) is 1. The highest BCUT2D eigenvalue weighted by Gasteiger charge is 2.12. The molecule has 1 aromatic heterocycles. The fourth-order valence-electron chi connectivity index (χ4n) is 1.72. The molecule has 0 aromatic carbocycles. The van der Waals surface area contributed by atoms with Gasteiger partial charge in [-0.2, -0.15) is 5.10 Å². The van der Waals surface area contributed by atoms with Crippen molar-refractivity contribution in [2.24, 2.45) is 5.92 Å². The van der Waals surface area contributed by atoms with Crippen LogP contribution in [0.1, 0.15) is 32.2 Å². The highest BCUT2D eigenvalue weighted by molar-refractivity contribution is 14.1. The van der Waals surface area contributed by atoms with Gasteiger partial charge in [0.05, 0.1) is 11.4 Å². The van der Waals surface area contributed by atoms with Crippen LogP contribution < -0.4 is 5.32 Å². The van der Waals surface area contributed by atoms with Gasteiger partial charge in [-0.15, -0.1) is 0 Å². The lowest BCUT2D eigenvalue weighted by Gasteiger charge is -2.20. The minimum atomic E-state index is 0.584. The summed E-state index contributed by atoms with van der Waals surface area (Å²) in [6, 6.07) is 2.75. The van der Waals surface area contributed by atoms with E-state index in [2.05, 4.69) is 64.5 Å². The van der Waals surface area contributed by atoms with Gasteiger partial charge in [0.25, 0.3) is 0 Å². The Morgan fingerprint density at radius 3 is 2.69 bits per heavy atom. The average Bonchev–Trinajstić information content (AvgIpc) is 2.59. The minimum absolute atomic E-state index is 0.584. The summed E-state index contributed by atoms with van der Waals surface area (Å²) in [5, 5.41) is 8.06. The summed E-state index contributed by atoms with van der Waals surface area (Å²) in [6.07, 6.45) is 0. The Morgan fingerprint density at radius 2 is 2.19 bits per heavy atom. The van der Waals surface area contributed by atoms with Crippen LogP contribution in [0.3, 0.4) is 0 Å². The van der Waals surface area contributed by atoms with Crippen molar-refractivity contribution in [2.75, 3.05) is 4.43 Å². The van der Waals surface area contributed by atoms with Crippen molar-refractivity contribution in [2.45, 2.75) is 46.8 Å². The van der Waals surface area contributed by atoms with E-state index in [-0.39, 0.29) is 0 Å². The molecule has 0 aliphatic heterocycles. The predicted octanol–water partition coefficient (Wildman–Crippen LogP) is 2.76. The summed E-state index contributed by atoms with van der Waals surface area (Å²) in [5.41, 5.74) is 2.39. The number of aryl methyl sites for hydroxylation is 2. The molecule has 0 spiro atoms. The number of rotatable bonds is 6. The first-order chi connectivity index (χ1) is 7.58. The molecule has 0 bridgehead atoms. The Morgan fingerprint density at radius 1 is 1.50 bits per heavy atom. The fourth-order valence-corrected chi connectivity index (χ4v) is 3.05. The van der Waals surface area contributed by atoms with Crippen LogP contribution >= 0.6 is 22.6 Å². The first-order valence-electron chi connectivity index (χ1n) is 5.91. The maximum absolute atomic E-state index is 4.45. The molecule has 4 heteroatoms. The normalized spacial score (nSPS) is 13.4. The zero-order chi connectivity index (χ0) is 12.1. The smallest absolute Gasteiger partial charge is 0.0597 e. The quantitative estimate of drug-likeness (QED) is 0.640. The molecule has 16 heavy (non-hydrogen) atoms. The minimum Gasteiger partial charge on any atom is -0.307 e. The Hall–Kier alpha value is -0.100. The number of halogens is 1. The Kier molecular flexibility index (Phi) is 5.75. The molecule has 92 valence electrons. The van der Waals surface area contributed by atoms with E-state index in [1.807, 2.05) is 6.92 Å². The summed E-state index contributed by atoms with van der Waals surface area (Å²) in [4.78, 5) is 0. The van der Waals surface area contributed by atoms with E-state index in [4.69, 9.17) is 0 Å². The van der Waals surface area contributed by atoms with E-state index >= 15 is 0 Å². The van der Waals surface area contributed by atoms with E-state index in [1.165, 1.54) is 5.69 Å². The monoisotopic (exact) mass is 335 g/mol. The molecular formula is C12H22IN3. The Bertz CT molecular complexity index is 320. The van der Waals surface area contributed by atoms with Crippen molar-refractivity contribution in [3.63, 3.8) is 0 Å². The van der Waals surface area contributed by atoms with Crippen LogP contribution in [0.15, 0.2) is 6.07 Å². The van der Waals surface area contributed by atoms with Crippen LogP contribution in [-0.4, -0.2) is 20.2 Å². The van der Waals surface area contributed by atoms with Gasteiger partial charge in [-0.3, -0.25) is 4.68 Å². The summed E-state index contributed by atoms with van der Waals surface area (Å²) in [7, 11) is 0. The van der Waals surface area contributed by atoms with E-state index < -0.39 is 0 Å². The van der Waals surface area contributed by atoms with Gasteiger partial charge < -0.3 is 5.32 Å². The van der Waals surface area contributed by atoms with Crippen LogP contribution in [-0.2, 0) is 13.1 Å². The Labute approximate surface area is 112 Å². The molecule has 1 aromatic rings. The molecule has 1 N–H and O–H groups in total. The van der Waals surface area contributed by atoms with Gasteiger partial charge in [-0.1, -0.05) is 36.4 Å². The fraction of sp³-hybridized carbons (Fsp3) is 0.750. The van der Waals surface area contributed by atoms with E-state index in [9.17, 15) is 0 Å². The van der Waals surface area contributed by atoms with Gasteiger partial charge in [0.1, 0.15) is 0 Å². The van der Waals surface area contributed by atoms with Crippen LogP contribution in [0, 0.1) is 12.8 Å². The molecule has 1 unspecified atom stereocenters. The molecule has 0 saturated carbocycles. The van der Waals surface area contributed by atoms with Crippen molar-refractivity contribution in [3.8, 4) is 0 Å². The van der Waals surface area contributed by atoms with Gasteiger partial charge in [-0.25, -0.2) is 0 Å². The van der Waals surface area contributed by atoms with Crippen molar-refractivity contribution < 1.29 is 0 Å². The van der Waals surface area contributed by atoms with E-state index in [1.54, 1.807) is 0 Å². The molecule has 0 fully saturated rings. The third kappa shape index (κ3) is 3.73. The molecule has 0 aliphatic rings. The maximum Gasteiger partial charge on any atom is 0.0597 e. The van der Waals surface area contributed by atoms with Crippen molar-refractivity contribution in [1.29, 1.82) is 0 Å². The molecule has 1 atom stereocenters. The molecule has 1 heterocycles. The van der Waals surface area contributed by atoms with Crippen molar-refractivity contribution >= 4 is 22.6 Å². The van der Waals surface area contributed by atoms with E-state index in [0.717, 1.165) is 23.2 Å². The maximum atomic E-state index is 4.45. The lowest BCUT2D eigenvalue weighted by Crippen LogP contribution is -2.35. The van der Waals surface area contributed by atoms with Crippen LogP contribution in [0.2, 0.25) is 0 Å². The highest BCUT2D eigenvalue weighted by Crippen LogP contribution is 2.08. The van der Waals surface area contributed by atoms with Gasteiger partial charge >= 0.3 is 0 Å². The Balaban J connectivity index is 2.59. The molecular weight excluding hydrogens is 313 g/mol. The molecule has 0 radical (unpaired) electrons. The number of hydrogen-bond acceptors (Lipinski definition) is 2. The lowest BCUT2D eigenvalue weighted by atomic mass is 10.1. The standard InChI is InChI=1S/C12H22IN3/c1-5-16-11(6-10(4)15-16)8-14-12(7-13)9(2)3/h6,9,12,14H,5,7-8H2,1-4H3. The number of nitrogens with zero attached hydrogens (tertiary/aromatic N) is 2. The number of hydrogen-bond donors (Lipinski definition) is 1. The molecule has 3 nitrogen and oxygen atoms in total. The first-order valence-corrected chi connectivity index (χ1v) is 7.43. The highest BCUT2D eigenvalue weighted by atomic mass is 127. The third-order valence-electron chi connectivity index (χ3n) is 2.80. The summed E-state index contributed by atoms with van der Waals surface area (Å²) >= 11 is 2.45. The first kappa shape index (κ1) is 14.0. The molecule has 0 saturated heterocycles. The topological polar surface area (TPSA) is 29.9 Å². The third-order valence-corrected chi connectivity index (χ3v) is 3.75. The molecule has 0 amide bonds. The molecule has 1 rings (SSSR count). The van der Waals surface area contributed by atoms with Crippen LogP contribution in [0.25, 0.3) is 0 Å². The predicted molar refractivity (Wildman–Crippen MR) is 77.0 cm³/mol. The van der Waals surface area contributed by atoms with E-state index in [0.29, 0.717) is 12.0 Å². The SMILES string of the molecule is CCn1nc(C)cc1CNC(CI)C(C)C. The second kappa shape index (κ2) is 6.59. The van der Waals surface area contributed by atoms with Crippen molar-refractivity contribution in [3.05, 3.63) is 17.5 Å². The van der Waals surface area contributed by atoms with Crippen LogP contribution in [0.4, 0.5) is 0 Å². The average molecular weight is 335 g/mol. The largest absolute Gasteiger partial charge is 0.307 e. The summed E-state index contributed by atoms with van der Waals surface area (Å²) < 4.78 is 3.22. The molecule has 0 aliphatic carbocycles.